The molecule has 0 aliphatic heterocycles. The molecule has 4 rings (SSSR count). The normalized spacial score (nSPS) is 11.3. The first-order chi connectivity index (χ1) is 17.0. The van der Waals surface area contributed by atoms with Crippen LogP contribution in [0.5, 0.6) is 0 Å². The van der Waals surface area contributed by atoms with Crippen LogP contribution in [-0.2, 0) is 16.0 Å². The van der Waals surface area contributed by atoms with Crippen molar-refractivity contribution >= 4 is 17.7 Å². The number of nitrogens with one attached hydrogen (secondary N) is 1. The van der Waals surface area contributed by atoms with E-state index >= 15 is 0 Å². The van der Waals surface area contributed by atoms with Crippen LogP contribution in [0.4, 0.5) is 0 Å². The molecule has 0 heterocycles. The van der Waals surface area contributed by atoms with Gasteiger partial charge in [-0.25, -0.2) is 4.79 Å². The zero-order chi connectivity index (χ0) is 24.6. The summed E-state index contributed by atoms with van der Waals surface area (Å²) in [4.78, 5) is 37.9. The second kappa shape index (κ2) is 11.1. The van der Waals surface area contributed by atoms with E-state index in [9.17, 15) is 14.4 Å². The summed E-state index contributed by atoms with van der Waals surface area (Å²) >= 11 is 0. The molecule has 1 atom stereocenters. The molecular formula is C30H25NO4. The molecule has 0 aromatic heterocycles. The van der Waals surface area contributed by atoms with E-state index in [4.69, 9.17) is 4.74 Å². The van der Waals surface area contributed by atoms with E-state index in [-0.39, 0.29) is 18.1 Å². The highest BCUT2D eigenvalue weighted by Crippen LogP contribution is 2.19. The molecule has 174 valence electrons. The second-order valence-corrected chi connectivity index (χ2v) is 8.09. The standard InChI is InChI=1S/C30H25NO4/c1-35-30(34)27(20-21-12-14-25(15-13-21)28(32)24-10-6-3-7-11-24)31-29(33)26-18-16-23(17-19-26)22-8-4-2-5-9-22/h2-19,27H,20H2,1H3,(H,31,33)/t27-/m1/s1. The maximum Gasteiger partial charge on any atom is 0.328 e. The number of methoxy groups -OCH3 is 1. The van der Waals surface area contributed by atoms with Crippen LogP contribution in [-0.4, -0.2) is 30.8 Å². The number of benzene rings is 4. The van der Waals surface area contributed by atoms with E-state index in [1.807, 2.05) is 60.7 Å². The fourth-order valence-corrected chi connectivity index (χ4v) is 3.81. The van der Waals surface area contributed by atoms with Gasteiger partial charge in [-0.3, -0.25) is 9.59 Å². The molecule has 5 nitrogen and oxygen atoms in total. The molecule has 4 aromatic rings. The molecule has 5 heteroatoms. The van der Waals surface area contributed by atoms with E-state index in [0.29, 0.717) is 16.7 Å². The third-order valence-electron chi connectivity index (χ3n) is 5.74. The molecule has 4 aromatic carbocycles. The van der Waals surface area contributed by atoms with Gasteiger partial charge in [0.25, 0.3) is 5.91 Å². The molecule has 0 fully saturated rings. The van der Waals surface area contributed by atoms with Crippen molar-refractivity contribution in [1.82, 2.24) is 5.32 Å². The van der Waals surface area contributed by atoms with Crippen molar-refractivity contribution in [1.29, 1.82) is 0 Å². The van der Waals surface area contributed by atoms with E-state index in [2.05, 4.69) is 5.32 Å². The molecule has 0 spiro atoms. The number of hydrogen-bond acceptors (Lipinski definition) is 4. The Labute approximate surface area is 204 Å². The van der Waals surface area contributed by atoms with Crippen molar-refractivity contribution in [2.75, 3.05) is 7.11 Å². The average Bonchev–Trinajstić information content (AvgIpc) is 2.93. The van der Waals surface area contributed by atoms with Crippen LogP contribution in [0.2, 0.25) is 0 Å². The minimum Gasteiger partial charge on any atom is -0.467 e. The first-order valence-corrected chi connectivity index (χ1v) is 11.3. The topological polar surface area (TPSA) is 72.5 Å². The lowest BCUT2D eigenvalue weighted by molar-refractivity contribution is -0.142. The Balaban J connectivity index is 1.44. The molecule has 1 N–H and O–H groups in total. The predicted octanol–water partition coefficient (Wildman–Crippen LogP) is 5.10. The predicted molar refractivity (Wildman–Crippen MR) is 135 cm³/mol. The third-order valence-corrected chi connectivity index (χ3v) is 5.74. The average molecular weight is 464 g/mol. The molecule has 0 aliphatic carbocycles. The van der Waals surface area contributed by atoms with E-state index in [1.165, 1.54) is 7.11 Å². The first-order valence-electron chi connectivity index (χ1n) is 11.3. The largest absolute Gasteiger partial charge is 0.467 e. The number of carbonyl (C=O) groups excluding carboxylic acids is 3. The number of carbonyl (C=O) groups is 3. The Hall–Kier alpha value is -4.51. The zero-order valence-electron chi connectivity index (χ0n) is 19.3. The maximum absolute atomic E-state index is 12.9. The monoisotopic (exact) mass is 463 g/mol. The van der Waals surface area contributed by atoms with Crippen LogP contribution in [0.1, 0.15) is 31.8 Å². The fraction of sp³-hybridized carbons (Fsp3) is 0.100. The van der Waals surface area contributed by atoms with Gasteiger partial charge in [-0.05, 0) is 28.8 Å². The Morgan fingerprint density at radius 1 is 0.657 bits per heavy atom. The molecule has 0 bridgehead atoms. The van der Waals surface area contributed by atoms with Gasteiger partial charge in [0.1, 0.15) is 6.04 Å². The molecule has 0 unspecified atom stereocenters. The summed E-state index contributed by atoms with van der Waals surface area (Å²) in [6, 6.07) is 32.3. The van der Waals surface area contributed by atoms with Crippen LogP contribution in [0, 0.1) is 0 Å². The summed E-state index contributed by atoms with van der Waals surface area (Å²) in [5, 5.41) is 2.77. The molecule has 35 heavy (non-hydrogen) atoms. The minimum atomic E-state index is -0.864. The van der Waals surface area contributed by atoms with Gasteiger partial charge in [0.15, 0.2) is 5.78 Å². The quantitative estimate of drug-likeness (QED) is 0.292. The van der Waals surface area contributed by atoms with E-state index in [0.717, 1.165) is 16.7 Å². The summed E-state index contributed by atoms with van der Waals surface area (Å²) < 4.78 is 4.91. The summed E-state index contributed by atoms with van der Waals surface area (Å²) in [5.41, 5.74) is 4.46. The van der Waals surface area contributed by atoms with Gasteiger partial charge in [-0.1, -0.05) is 97.1 Å². The SMILES string of the molecule is COC(=O)[C@@H](Cc1ccc(C(=O)c2ccccc2)cc1)NC(=O)c1ccc(-c2ccccc2)cc1. The fourth-order valence-electron chi connectivity index (χ4n) is 3.81. The summed E-state index contributed by atoms with van der Waals surface area (Å²) in [6.07, 6.45) is 0.236. The first kappa shape index (κ1) is 23.6. The molecule has 0 radical (unpaired) electrons. The lowest BCUT2D eigenvalue weighted by Gasteiger charge is -2.17. The second-order valence-electron chi connectivity index (χ2n) is 8.09. The Kier molecular flexibility index (Phi) is 7.48. The van der Waals surface area contributed by atoms with Crippen molar-refractivity contribution in [3.05, 3.63) is 131 Å². The van der Waals surface area contributed by atoms with Crippen molar-refractivity contribution in [3.63, 3.8) is 0 Å². The van der Waals surface area contributed by atoms with E-state index < -0.39 is 12.0 Å². The van der Waals surface area contributed by atoms with Crippen LogP contribution >= 0.6 is 0 Å². The van der Waals surface area contributed by atoms with Crippen LogP contribution in [0.3, 0.4) is 0 Å². The molecule has 1 amide bonds. The summed E-state index contributed by atoms with van der Waals surface area (Å²) in [6.45, 7) is 0. The van der Waals surface area contributed by atoms with Crippen LogP contribution in [0.25, 0.3) is 11.1 Å². The maximum atomic E-state index is 12.9. The van der Waals surface area contributed by atoms with Crippen molar-refractivity contribution in [2.24, 2.45) is 0 Å². The lowest BCUT2D eigenvalue weighted by Crippen LogP contribution is -2.43. The number of esters is 1. The number of rotatable bonds is 8. The van der Waals surface area contributed by atoms with Gasteiger partial charge in [-0.15, -0.1) is 0 Å². The Morgan fingerprint density at radius 2 is 1.17 bits per heavy atom. The minimum absolute atomic E-state index is 0.0751. The number of hydrogen-bond donors (Lipinski definition) is 1. The molecule has 0 saturated heterocycles. The third kappa shape index (κ3) is 5.89. The summed E-state index contributed by atoms with van der Waals surface area (Å²) in [5.74, 6) is -0.978. The van der Waals surface area contributed by atoms with Gasteiger partial charge in [0.05, 0.1) is 7.11 Å². The van der Waals surface area contributed by atoms with Gasteiger partial charge in [-0.2, -0.15) is 0 Å². The van der Waals surface area contributed by atoms with Crippen molar-refractivity contribution in [3.8, 4) is 11.1 Å². The summed E-state index contributed by atoms with van der Waals surface area (Å²) in [7, 11) is 1.29. The van der Waals surface area contributed by atoms with Gasteiger partial charge < -0.3 is 10.1 Å². The molecule has 0 aliphatic rings. The van der Waals surface area contributed by atoms with E-state index in [1.54, 1.807) is 48.5 Å². The number of ketones is 1. The number of ether oxygens (including phenoxy) is 1. The van der Waals surface area contributed by atoms with Gasteiger partial charge >= 0.3 is 5.97 Å². The Morgan fingerprint density at radius 3 is 1.77 bits per heavy atom. The van der Waals surface area contributed by atoms with Crippen molar-refractivity contribution < 1.29 is 19.1 Å². The van der Waals surface area contributed by atoms with Gasteiger partial charge in [0, 0.05) is 23.1 Å². The molecule has 0 saturated carbocycles. The molecular weight excluding hydrogens is 438 g/mol. The van der Waals surface area contributed by atoms with Gasteiger partial charge in [0.2, 0.25) is 0 Å². The van der Waals surface area contributed by atoms with Crippen LogP contribution in [0.15, 0.2) is 109 Å². The van der Waals surface area contributed by atoms with Crippen LogP contribution < -0.4 is 5.32 Å². The lowest BCUT2D eigenvalue weighted by atomic mass is 9.99. The number of amides is 1. The highest BCUT2D eigenvalue weighted by molar-refractivity contribution is 6.09. The van der Waals surface area contributed by atoms with Crippen molar-refractivity contribution in [2.45, 2.75) is 12.5 Å². The Bertz CT molecular complexity index is 1300. The zero-order valence-corrected chi connectivity index (χ0v) is 19.3. The smallest absolute Gasteiger partial charge is 0.328 e. The highest BCUT2D eigenvalue weighted by atomic mass is 16.5. The highest BCUT2D eigenvalue weighted by Gasteiger charge is 2.23.